The van der Waals surface area contributed by atoms with E-state index >= 15 is 0 Å². The average molecular weight is 384 g/mol. The van der Waals surface area contributed by atoms with Crippen molar-refractivity contribution in [1.29, 1.82) is 0 Å². The predicted molar refractivity (Wildman–Crippen MR) is 109 cm³/mol. The first-order chi connectivity index (χ1) is 14.1. The normalized spacial score (nSPS) is 11.8. The molecular formula is C22H20N6O. The second-order valence-electron chi connectivity index (χ2n) is 6.86. The Morgan fingerprint density at radius 2 is 1.76 bits per heavy atom. The summed E-state index contributed by atoms with van der Waals surface area (Å²) in [5.74, 6) is -0.169. The number of rotatable bonds is 5. The molecule has 0 radical (unpaired) electrons. The van der Waals surface area contributed by atoms with E-state index in [9.17, 15) is 4.79 Å². The van der Waals surface area contributed by atoms with Crippen LogP contribution in [-0.4, -0.2) is 31.1 Å². The maximum atomic E-state index is 13.0. The highest BCUT2D eigenvalue weighted by atomic mass is 16.1. The Kier molecular flexibility index (Phi) is 5.11. The molecule has 2 aromatic heterocycles. The van der Waals surface area contributed by atoms with Gasteiger partial charge in [0.2, 0.25) is 0 Å². The van der Waals surface area contributed by atoms with Gasteiger partial charge in [-0.25, -0.2) is 4.68 Å². The van der Waals surface area contributed by atoms with Gasteiger partial charge in [0.15, 0.2) is 0 Å². The van der Waals surface area contributed by atoms with Crippen LogP contribution in [0.5, 0.6) is 0 Å². The number of amides is 1. The largest absolute Gasteiger partial charge is 0.346 e. The van der Waals surface area contributed by atoms with Crippen LogP contribution in [0.4, 0.5) is 0 Å². The highest BCUT2D eigenvalue weighted by Crippen LogP contribution is 2.25. The summed E-state index contributed by atoms with van der Waals surface area (Å²) in [6.07, 6.45) is 4.94. The van der Waals surface area contributed by atoms with Gasteiger partial charge in [-0.15, -0.1) is 5.10 Å². The summed E-state index contributed by atoms with van der Waals surface area (Å²) in [6.45, 7) is 3.99. The van der Waals surface area contributed by atoms with Crippen molar-refractivity contribution in [3.05, 3.63) is 90.0 Å². The molecule has 2 aromatic carbocycles. The fourth-order valence-corrected chi connectivity index (χ4v) is 3.08. The maximum absolute atomic E-state index is 13.0. The third-order valence-corrected chi connectivity index (χ3v) is 4.73. The lowest BCUT2D eigenvalue weighted by Gasteiger charge is -2.15. The van der Waals surface area contributed by atoms with Crippen molar-refractivity contribution in [3.8, 4) is 16.8 Å². The number of carbonyl (C=O) groups is 1. The summed E-state index contributed by atoms with van der Waals surface area (Å²) in [4.78, 5) is 17.0. The fourth-order valence-electron chi connectivity index (χ4n) is 3.08. The average Bonchev–Trinajstić information content (AvgIpc) is 3.29. The lowest BCUT2D eigenvalue weighted by atomic mass is 10.00. The summed E-state index contributed by atoms with van der Waals surface area (Å²) in [6, 6.07) is 17.4. The molecule has 7 heteroatoms. The van der Waals surface area contributed by atoms with E-state index in [2.05, 4.69) is 25.8 Å². The number of tetrazole rings is 1. The molecule has 144 valence electrons. The number of benzene rings is 2. The third-order valence-electron chi connectivity index (χ3n) is 4.73. The minimum absolute atomic E-state index is 0.148. The highest BCUT2D eigenvalue weighted by Gasteiger charge is 2.15. The number of hydrogen-bond donors (Lipinski definition) is 1. The minimum Gasteiger partial charge on any atom is -0.346 e. The Balaban J connectivity index is 1.70. The standard InChI is InChI=1S/C22H20N6O/c1-15-3-5-18(6-4-15)19-11-20(13-21(12-19)28-14-24-26-27-28)22(29)25-16(2)17-7-9-23-10-8-17/h3-14,16H,1-2H3,(H,25,29). The molecule has 0 aliphatic rings. The van der Waals surface area contributed by atoms with E-state index in [1.54, 1.807) is 23.1 Å². The predicted octanol–water partition coefficient (Wildman–Crippen LogP) is 3.52. The van der Waals surface area contributed by atoms with Crippen LogP contribution < -0.4 is 5.32 Å². The first-order valence-corrected chi connectivity index (χ1v) is 9.26. The van der Waals surface area contributed by atoms with E-state index < -0.39 is 0 Å². The van der Waals surface area contributed by atoms with E-state index in [-0.39, 0.29) is 11.9 Å². The van der Waals surface area contributed by atoms with Crippen LogP contribution in [0.2, 0.25) is 0 Å². The molecule has 0 saturated heterocycles. The molecule has 0 fully saturated rings. The van der Waals surface area contributed by atoms with Crippen LogP contribution >= 0.6 is 0 Å². The molecule has 2 heterocycles. The second kappa shape index (κ2) is 8.02. The molecule has 1 unspecified atom stereocenters. The van der Waals surface area contributed by atoms with Gasteiger partial charge in [0.25, 0.3) is 5.91 Å². The quantitative estimate of drug-likeness (QED) is 0.569. The number of aryl methyl sites for hydroxylation is 1. The summed E-state index contributed by atoms with van der Waals surface area (Å²) >= 11 is 0. The molecule has 0 aliphatic carbocycles. The molecule has 0 saturated carbocycles. The van der Waals surface area contributed by atoms with E-state index in [4.69, 9.17) is 0 Å². The topological polar surface area (TPSA) is 85.6 Å². The van der Waals surface area contributed by atoms with Gasteiger partial charge in [-0.05, 0) is 71.3 Å². The van der Waals surface area contributed by atoms with Gasteiger partial charge < -0.3 is 5.32 Å². The van der Waals surface area contributed by atoms with Crippen molar-refractivity contribution in [2.75, 3.05) is 0 Å². The van der Waals surface area contributed by atoms with Gasteiger partial charge in [-0.1, -0.05) is 29.8 Å². The van der Waals surface area contributed by atoms with Crippen molar-refractivity contribution in [2.24, 2.45) is 0 Å². The SMILES string of the molecule is Cc1ccc(-c2cc(C(=O)NC(C)c3ccncc3)cc(-n3cnnn3)c2)cc1. The number of nitrogens with one attached hydrogen (secondary N) is 1. The Bertz CT molecular complexity index is 1110. The molecule has 1 amide bonds. The van der Waals surface area contributed by atoms with Gasteiger partial charge in [-0.2, -0.15) is 0 Å². The van der Waals surface area contributed by atoms with Crippen molar-refractivity contribution < 1.29 is 4.79 Å². The van der Waals surface area contributed by atoms with Crippen molar-refractivity contribution in [3.63, 3.8) is 0 Å². The number of hydrogen-bond acceptors (Lipinski definition) is 5. The van der Waals surface area contributed by atoms with E-state index in [0.717, 1.165) is 22.4 Å². The summed E-state index contributed by atoms with van der Waals surface area (Å²) in [7, 11) is 0. The zero-order valence-corrected chi connectivity index (χ0v) is 16.1. The molecule has 29 heavy (non-hydrogen) atoms. The van der Waals surface area contributed by atoms with Crippen molar-refractivity contribution in [2.45, 2.75) is 19.9 Å². The zero-order chi connectivity index (χ0) is 20.2. The molecule has 0 aliphatic heterocycles. The van der Waals surface area contributed by atoms with Gasteiger partial charge >= 0.3 is 0 Å². The van der Waals surface area contributed by atoms with Crippen molar-refractivity contribution >= 4 is 5.91 Å². The Hall–Kier alpha value is -3.87. The molecule has 0 spiro atoms. The number of aromatic nitrogens is 5. The second-order valence-corrected chi connectivity index (χ2v) is 6.86. The highest BCUT2D eigenvalue weighted by molar-refractivity contribution is 5.96. The number of nitrogens with zero attached hydrogens (tertiary/aromatic N) is 5. The molecule has 7 nitrogen and oxygen atoms in total. The smallest absolute Gasteiger partial charge is 0.251 e. The Labute approximate surface area is 168 Å². The molecule has 4 aromatic rings. The van der Waals surface area contributed by atoms with Crippen molar-refractivity contribution in [1.82, 2.24) is 30.5 Å². The van der Waals surface area contributed by atoms with Crippen LogP contribution in [0.3, 0.4) is 0 Å². The first kappa shape index (κ1) is 18.5. The monoisotopic (exact) mass is 384 g/mol. The molecule has 4 rings (SSSR count). The van der Waals surface area contributed by atoms with Crippen LogP contribution in [-0.2, 0) is 0 Å². The Morgan fingerprint density at radius 1 is 1.00 bits per heavy atom. The third kappa shape index (κ3) is 4.19. The van der Waals surface area contributed by atoms with Gasteiger partial charge in [0.1, 0.15) is 6.33 Å². The lowest BCUT2D eigenvalue weighted by molar-refractivity contribution is 0.0940. The maximum Gasteiger partial charge on any atom is 0.251 e. The number of carbonyl (C=O) groups excluding carboxylic acids is 1. The summed E-state index contributed by atoms with van der Waals surface area (Å²) < 4.78 is 1.54. The molecule has 0 bridgehead atoms. The van der Waals surface area contributed by atoms with Gasteiger partial charge in [0, 0.05) is 18.0 Å². The minimum atomic E-state index is -0.169. The zero-order valence-electron chi connectivity index (χ0n) is 16.1. The van der Waals surface area contributed by atoms with Gasteiger partial charge in [0.05, 0.1) is 11.7 Å². The lowest BCUT2D eigenvalue weighted by Crippen LogP contribution is -2.26. The summed E-state index contributed by atoms with van der Waals surface area (Å²) in [5, 5.41) is 14.4. The Morgan fingerprint density at radius 3 is 2.45 bits per heavy atom. The molecule has 1 atom stereocenters. The molecule has 1 N–H and O–H groups in total. The first-order valence-electron chi connectivity index (χ1n) is 9.26. The van der Waals surface area contributed by atoms with E-state index in [0.29, 0.717) is 5.56 Å². The van der Waals surface area contributed by atoms with Crippen LogP contribution in [0.1, 0.15) is 34.5 Å². The van der Waals surface area contributed by atoms with Gasteiger partial charge in [-0.3, -0.25) is 9.78 Å². The van der Waals surface area contributed by atoms with E-state index in [1.165, 1.54) is 11.9 Å². The van der Waals surface area contributed by atoms with Crippen LogP contribution in [0, 0.1) is 6.92 Å². The number of pyridine rings is 1. The van der Waals surface area contributed by atoms with Crippen LogP contribution in [0.15, 0.2) is 73.3 Å². The fraction of sp³-hybridized carbons (Fsp3) is 0.136. The summed E-state index contributed by atoms with van der Waals surface area (Å²) in [5.41, 5.74) is 5.35. The molecular weight excluding hydrogens is 364 g/mol. The van der Waals surface area contributed by atoms with Crippen LogP contribution in [0.25, 0.3) is 16.8 Å². The van der Waals surface area contributed by atoms with E-state index in [1.807, 2.05) is 62.4 Å².